The zero-order valence-corrected chi connectivity index (χ0v) is 14.3. The van der Waals surface area contributed by atoms with Crippen molar-refractivity contribution < 1.29 is 13.2 Å². The first kappa shape index (κ1) is 18.0. The highest BCUT2D eigenvalue weighted by Crippen LogP contribution is 2.07. The average Bonchev–Trinajstić information content (AvgIpc) is 2.60. The van der Waals surface area contributed by atoms with Crippen LogP contribution in [0.4, 0.5) is 4.79 Å². The maximum Gasteiger partial charge on any atom is 0.315 e. The molecule has 2 aromatic carbocycles. The minimum atomic E-state index is -3.27. The van der Waals surface area contributed by atoms with Crippen LogP contribution in [0.15, 0.2) is 54.6 Å². The summed E-state index contributed by atoms with van der Waals surface area (Å²) in [4.78, 5) is 11.8. The molecule has 128 valence electrons. The van der Waals surface area contributed by atoms with E-state index >= 15 is 0 Å². The summed E-state index contributed by atoms with van der Waals surface area (Å²) in [6.07, 6.45) is 0. The van der Waals surface area contributed by atoms with E-state index in [1.807, 2.05) is 30.3 Å². The Morgan fingerprint density at radius 2 is 1.33 bits per heavy atom. The Kier molecular flexibility index (Phi) is 6.34. The fraction of sp³-hybridized carbons (Fsp3) is 0.235. The molecule has 2 amide bonds. The van der Waals surface area contributed by atoms with Crippen LogP contribution in [0, 0.1) is 0 Å². The number of amides is 2. The van der Waals surface area contributed by atoms with Crippen molar-refractivity contribution in [1.82, 2.24) is 15.4 Å². The first-order valence-corrected chi connectivity index (χ1v) is 9.18. The van der Waals surface area contributed by atoms with E-state index in [0.717, 1.165) is 11.1 Å². The molecule has 0 aliphatic carbocycles. The van der Waals surface area contributed by atoms with Gasteiger partial charge < -0.3 is 10.6 Å². The van der Waals surface area contributed by atoms with Crippen LogP contribution in [-0.4, -0.2) is 21.5 Å². The van der Waals surface area contributed by atoms with Gasteiger partial charge in [-0.1, -0.05) is 54.6 Å². The maximum absolute atomic E-state index is 11.8. The Balaban J connectivity index is 1.78. The van der Waals surface area contributed by atoms with E-state index in [-0.39, 0.29) is 11.8 Å². The molecule has 0 radical (unpaired) electrons. The van der Waals surface area contributed by atoms with Crippen LogP contribution in [-0.2, 0) is 28.9 Å². The second kappa shape index (κ2) is 8.47. The zero-order valence-electron chi connectivity index (χ0n) is 13.5. The lowest BCUT2D eigenvalue weighted by Crippen LogP contribution is -2.34. The van der Waals surface area contributed by atoms with Gasteiger partial charge in [-0.05, 0) is 23.7 Å². The Bertz CT molecular complexity index is 759. The smallest absolute Gasteiger partial charge is 0.315 e. The Morgan fingerprint density at radius 1 is 0.833 bits per heavy atom. The van der Waals surface area contributed by atoms with Gasteiger partial charge >= 0.3 is 6.03 Å². The zero-order chi connectivity index (χ0) is 17.4. The minimum absolute atomic E-state index is 0.0607. The van der Waals surface area contributed by atoms with Gasteiger partial charge in [-0.2, -0.15) is 0 Å². The van der Waals surface area contributed by atoms with Crippen molar-refractivity contribution in [3.8, 4) is 0 Å². The average molecular weight is 347 g/mol. The lowest BCUT2D eigenvalue weighted by Gasteiger charge is -2.08. The van der Waals surface area contributed by atoms with E-state index in [1.54, 1.807) is 24.3 Å². The monoisotopic (exact) mass is 347 g/mol. The third-order valence-corrected chi connectivity index (χ3v) is 4.78. The van der Waals surface area contributed by atoms with Crippen molar-refractivity contribution in [1.29, 1.82) is 0 Å². The van der Waals surface area contributed by atoms with E-state index in [0.29, 0.717) is 18.7 Å². The predicted octanol–water partition coefficient (Wildman–Crippen LogP) is 1.74. The molecule has 0 unspecified atom stereocenters. The highest BCUT2D eigenvalue weighted by molar-refractivity contribution is 7.88. The molecular formula is C17H21N3O3S. The Hall–Kier alpha value is -2.38. The molecule has 2 rings (SSSR count). The molecule has 3 N–H and O–H groups in total. The number of carbonyl (C=O) groups is 1. The molecule has 0 atom stereocenters. The number of rotatable bonds is 7. The number of benzene rings is 2. The van der Waals surface area contributed by atoms with Crippen LogP contribution < -0.4 is 15.4 Å². The summed E-state index contributed by atoms with van der Waals surface area (Å²) in [5, 5.41) is 5.55. The van der Waals surface area contributed by atoms with Gasteiger partial charge in [-0.3, -0.25) is 0 Å². The normalized spacial score (nSPS) is 11.0. The first-order valence-electron chi connectivity index (χ1n) is 7.53. The molecule has 0 aromatic heterocycles. The standard InChI is InChI=1S/C17H21N3O3S/c1-18-24(22,23)13-16-9-7-15(8-10-16)12-20-17(21)19-11-14-5-3-2-4-6-14/h2-10,18H,11-13H2,1H3,(H2,19,20,21). The number of nitrogens with one attached hydrogen (secondary N) is 3. The van der Waals surface area contributed by atoms with Gasteiger partial charge in [-0.15, -0.1) is 0 Å². The summed E-state index contributed by atoms with van der Waals surface area (Å²) in [5.74, 6) is -0.0607. The summed E-state index contributed by atoms with van der Waals surface area (Å²) in [5.41, 5.74) is 2.62. The second-order valence-electron chi connectivity index (χ2n) is 5.30. The molecule has 0 spiro atoms. The lowest BCUT2D eigenvalue weighted by atomic mass is 10.1. The maximum atomic E-state index is 11.8. The van der Waals surface area contributed by atoms with Crippen LogP contribution in [0.25, 0.3) is 0 Å². The second-order valence-corrected chi connectivity index (χ2v) is 7.23. The number of urea groups is 1. The Morgan fingerprint density at radius 3 is 1.88 bits per heavy atom. The summed E-state index contributed by atoms with van der Waals surface area (Å²) in [7, 11) is -1.88. The molecule has 7 heteroatoms. The van der Waals surface area contributed by atoms with Gasteiger partial charge in [0.15, 0.2) is 0 Å². The summed E-state index contributed by atoms with van der Waals surface area (Å²) in [6.45, 7) is 0.840. The molecule has 0 fully saturated rings. The largest absolute Gasteiger partial charge is 0.334 e. The SMILES string of the molecule is CNS(=O)(=O)Cc1ccc(CNC(=O)NCc2ccccc2)cc1. The van der Waals surface area contributed by atoms with E-state index in [9.17, 15) is 13.2 Å². The van der Waals surface area contributed by atoms with Crippen molar-refractivity contribution in [2.75, 3.05) is 7.05 Å². The molecule has 6 nitrogen and oxygen atoms in total. The predicted molar refractivity (Wildman–Crippen MR) is 93.6 cm³/mol. The van der Waals surface area contributed by atoms with E-state index in [4.69, 9.17) is 0 Å². The van der Waals surface area contributed by atoms with Crippen LogP contribution in [0.3, 0.4) is 0 Å². The van der Waals surface area contributed by atoms with Crippen LogP contribution in [0.2, 0.25) is 0 Å². The first-order chi connectivity index (χ1) is 11.5. The van der Waals surface area contributed by atoms with E-state index in [2.05, 4.69) is 15.4 Å². The fourth-order valence-electron chi connectivity index (χ4n) is 2.07. The molecule has 24 heavy (non-hydrogen) atoms. The summed E-state index contributed by atoms with van der Waals surface area (Å²) >= 11 is 0. The molecule has 2 aromatic rings. The number of sulfonamides is 1. The van der Waals surface area contributed by atoms with Gasteiger partial charge in [0, 0.05) is 13.1 Å². The number of carbonyl (C=O) groups excluding carboxylic acids is 1. The highest BCUT2D eigenvalue weighted by atomic mass is 32.2. The third-order valence-electron chi connectivity index (χ3n) is 3.44. The van der Waals surface area contributed by atoms with Crippen molar-refractivity contribution in [2.45, 2.75) is 18.8 Å². The van der Waals surface area contributed by atoms with Crippen molar-refractivity contribution in [3.05, 3.63) is 71.3 Å². The van der Waals surface area contributed by atoms with E-state index in [1.165, 1.54) is 7.05 Å². The number of hydrogen-bond acceptors (Lipinski definition) is 3. The van der Waals surface area contributed by atoms with Crippen molar-refractivity contribution in [3.63, 3.8) is 0 Å². The van der Waals surface area contributed by atoms with Crippen LogP contribution >= 0.6 is 0 Å². The molecule has 0 saturated carbocycles. The Labute approximate surface area is 142 Å². The van der Waals surface area contributed by atoms with Gasteiger partial charge in [0.05, 0.1) is 5.75 Å². The van der Waals surface area contributed by atoms with Gasteiger partial charge in [0.25, 0.3) is 0 Å². The van der Waals surface area contributed by atoms with Crippen molar-refractivity contribution in [2.24, 2.45) is 0 Å². The third kappa shape index (κ3) is 6.02. The van der Waals surface area contributed by atoms with Crippen LogP contribution in [0.5, 0.6) is 0 Å². The molecule has 0 saturated heterocycles. The van der Waals surface area contributed by atoms with Gasteiger partial charge in [0.1, 0.15) is 0 Å². The highest BCUT2D eigenvalue weighted by Gasteiger charge is 2.08. The summed E-state index contributed by atoms with van der Waals surface area (Å²) < 4.78 is 25.2. The fourth-order valence-corrected chi connectivity index (χ4v) is 2.84. The molecule has 0 aliphatic heterocycles. The van der Waals surface area contributed by atoms with Crippen molar-refractivity contribution >= 4 is 16.1 Å². The molecule has 0 aliphatic rings. The van der Waals surface area contributed by atoms with Gasteiger partial charge in [0.2, 0.25) is 10.0 Å². The number of hydrogen-bond donors (Lipinski definition) is 3. The topological polar surface area (TPSA) is 87.3 Å². The molecular weight excluding hydrogens is 326 g/mol. The van der Waals surface area contributed by atoms with Gasteiger partial charge in [-0.25, -0.2) is 17.9 Å². The molecule has 0 heterocycles. The van der Waals surface area contributed by atoms with Crippen LogP contribution in [0.1, 0.15) is 16.7 Å². The van der Waals surface area contributed by atoms with E-state index < -0.39 is 10.0 Å². The lowest BCUT2D eigenvalue weighted by molar-refractivity contribution is 0.240. The molecule has 0 bridgehead atoms. The minimum Gasteiger partial charge on any atom is -0.334 e. The quantitative estimate of drug-likeness (QED) is 0.713. The summed E-state index contributed by atoms with van der Waals surface area (Å²) in [6, 6.07) is 16.5.